The first-order valence-electron chi connectivity index (χ1n) is 5.18. The molecule has 0 saturated heterocycles. The molecule has 1 atom stereocenters. The maximum absolute atomic E-state index is 11.3. The zero-order chi connectivity index (χ0) is 11.5. The van der Waals surface area contributed by atoms with Crippen LogP contribution in [0.5, 0.6) is 0 Å². The molecule has 0 aromatic carbocycles. The summed E-state index contributed by atoms with van der Waals surface area (Å²) in [6.45, 7) is 4.27. The van der Waals surface area contributed by atoms with Crippen LogP contribution >= 0.6 is 0 Å². The second-order valence-electron chi connectivity index (χ2n) is 3.42. The zero-order valence-electron chi connectivity index (χ0n) is 9.84. The zero-order valence-corrected chi connectivity index (χ0v) is 9.84. The summed E-state index contributed by atoms with van der Waals surface area (Å²) in [7, 11) is 3.29. The SMILES string of the molecule is COCCNCC(=O)NC(C)CCOC. The lowest BCUT2D eigenvalue weighted by molar-refractivity contribution is -0.120. The lowest BCUT2D eigenvalue weighted by Crippen LogP contribution is -2.40. The minimum absolute atomic E-state index is 0.00899. The number of carbonyl (C=O) groups is 1. The van der Waals surface area contributed by atoms with Crippen molar-refractivity contribution < 1.29 is 14.3 Å². The Balaban J connectivity index is 3.38. The summed E-state index contributed by atoms with van der Waals surface area (Å²) in [5.74, 6) is 0.00899. The molecule has 1 unspecified atom stereocenters. The minimum atomic E-state index is 0.00899. The highest BCUT2D eigenvalue weighted by molar-refractivity contribution is 5.78. The third-order valence-corrected chi connectivity index (χ3v) is 1.93. The van der Waals surface area contributed by atoms with Crippen LogP contribution < -0.4 is 10.6 Å². The second kappa shape index (κ2) is 9.89. The van der Waals surface area contributed by atoms with Crippen LogP contribution in [0.3, 0.4) is 0 Å². The minimum Gasteiger partial charge on any atom is -0.385 e. The summed E-state index contributed by atoms with van der Waals surface area (Å²) in [4.78, 5) is 11.3. The van der Waals surface area contributed by atoms with E-state index in [1.165, 1.54) is 0 Å². The number of hydrogen-bond acceptors (Lipinski definition) is 4. The molecular weight excluding hydrogens is 196 g/mol. The van der Waals surface area contributed by atoms with Gasteiger partial charge in [0.15, 0.2) is 0 Å². The molecule has 1 amide bonds. The predicted octanol–water partition coefficient (Wildman–Crippen LogP) is -0.236. The third-order valence-electron chi connectivity index (χ3n) is 1.93. The van der Waals surface area contributed by atoms with Crippen molar-refractivity contribution in [3.63, 3.8) is 0 Å². The van der Waals surface area contributed by atoms with Crippen molar-refractivity contribution in [1.82, 2.24) is 10.6 Å². The van der Waals surface area contributed by atoms with Crippen molar-refractivity contribution in [2.24, 2.45) is 0 Å². The van der Waals surface area contributed by atoms with Crippen molar-refractivity contribution >= 4 is 5.91 Å². The van der Waals surface area contributed by atoms with Gasteiger partial charge in [-0.25, -0.2) is 0 Å². The molecule has 0 bridgehead atoms. The number of methoxy groups -OCH3 is 2. The highest BCUT2D eigenvalue weighted by Gasteiger charge is 2.05. The number of hydrogen-bond donors (Lipinski definition) is 2. The van der Waals surface area contributed by atoms with Gasteiger partial charge < -0.3 is 20.1 Å². The molecule has 5 heteroatoms. The molecule has 15 heavy (non-hydrogen) atoms. The van der Waals surface area contributed by atoms with Crippen LogP contribution in [0.2, 0.25) is 0 Å². The summed E-state index contributed by atoms with van der Waals surface area (Å²) >= 11 is 0. The molecular formula is C10H22N2O3. The van der Waals surface area contributed by atoms with Crippen LogP contribution in [0.25, 0.3) is 0 Å². The molecule has 5 nitrogen and oxygen atoms in total. The van der Waals surface area contributed by atoms with Crippen LogP contribution in [0, 0.1) is 0 Å². The Bertz CT molecular complexity index is 165. The van der Waals surface area contributed by atoms with Gasteiger partial charge in [-0.1, -0.05) is 0 Å². The summed E-state index contributed by atoms with van der Waals surface area (Å²) in [6.07, 6.45) is 0.834. The van der Waals surface area contributed by atoms with Crippen molar-refractivity contribution in [1.29, 1.82) is 0 Å². The molecule has 0 saturated carbocycles. The smallest absolute Gasteiger partial charge is 0.234 e. The van der Waals surface area contributed by atoms with Gasteiger partial charge in [0.1, 0.15) is 0 Å². The molecule has 0 fully saturated rings. The van der Waals surface area contributed by atoms with Gasteiger partial charge in [-0.05, 0) is 13.3 Å². The van der Waals surface area contributed by atoms with Crippen LogP contribution in [0.1, 0.15) is 13.3 Å². The third kappa shape index (κ3) is 9.65. The number of amides is 1. The van der Waals surface area contributed by atoms with Crippen LogP contribution in [-0.4, -0.2) is 52.5 Å². The van der Waals surface area contributed by atoms with Crippen molar-refractivity contribution in [3.05, 3.63) is 0 Å². The molecule has 0 aromatic heterocycles. The van der Waals surface area contributed by atoms with E-state index < -0.39 is 0 Å². The van der Waals surface area contributed by atoms with E-state index in [2.05, 4.69) is 10.6 Å². The lowest BCUT2D eigenvalue weighted by Gasteiger charge is -2.13. The van der Waals surface area contributed by atoms with Crippen molar-refractivity contribution in [2.75, 3.05) is 40.5 Å². The van der Waals surface area contributed by atoms with Gasteiger partial charge in [0.25, 0.3) is 0 Å². The van der Waals surface area contributed by atoms with Crippen LogP contribution in [0.15, 0.2) is 0 Å². The van der Waals surface area contributed by atoms with Gasteiger partial charge in [-0.2, -0.15) is 0 Å². The summed E-state index contributed by atoms with van der Waals surface area (Å²) in [5.41, 5.74) is 0. The van der Waals surface area contributed by atoms with E-state index in [0.717, 1.165) is 6.42 Å². The summed E-state index contributed by atoms with van der Waals surface area (Å²) in [6, 6.07) is 0.154. The fourth-order valence-electron chi connectivity index (χ4n) is 1.07. The fraction of sp³-hybridized carbons (Fsp3) is 0.900. The van der Waals surface area contributed by atoms with E-state index in [9.17, 15) is 4.79 Å². The van der Waals surface area contributed by atoms with Gasteiger partial charge in [0.2, 0.25) is 5.91 Å². The Morgan fingerprint density at radius 1 is 1.27 bits per heavy atom. The number of ether oxygens (including phenoxy) is 2. The van der Waals surface area contributed by atoms with Gasteiger partial charge >= 0.3 is 0 Å². The second-order valence-corrected chi connectivity index (χ2v) is 3.42. The highest BCUT2D eigenvalue weighted by Crippen LogP contribution is 1.89. The Morgan fingerprint density at radius 2 is 1.93 bits per heavy atom. The quantitative estimate of drug-likeness (QED) is 0.525. The molecule has 0 spiro atoms. The summed E-state index contributed by atoms with van der Waals surface area (Å²) in [5, 5.41) is 5.85. The van der Waals surface area contributed by atoms with Crippen LogP contribution in [-0.2, 0) is 14.3 Å². The van der Waals surface area contributed by atoms with Gasteiger partial charge in [-0.15, -0.1) is 0 Å². The van der Waals surface area contributed by atoms with Crippen molar-refractivity contribution in [2.45, 2.75) is 19.4 Å². The number of rotatable bonds is 9. The molecule has 0 aromatic rings. The Morgan fingerprint density at radius 3 is 2.53 bits per heavy atom. The monoisotopic (exact) mass is 218 g/mol. The molecule has 0 aliphatic carbocycles. The van der Waals surface area contributed by atoms with Gasteiger partial charge in [0, 0.05) is 33.4 Å². The molecule has 0 heterocycles. The maximum Gasteiger partial charge on any atom is 0.234 e. The van der Waals surface area contributed by atoms with E-state index >= 15 is 0 Å². The number of nitrogens with one attached hydrogen (secondary N) is 2. The Kier molecular flexibility index (Phi) is 9.46. The first-order valence-corrected chi connectivity index (χ1v) is 5.18. The molecule has 0 aliphatic rings. The summed E-state index contributed by atoms with van der Waals surface area (Å²) < 4.78 is 9.77. The predicted molar refractivity (Wildman–Crippen MR) is 58.8 cm³/mol. The molecule has 0 aliphatic heterocycles. The molecule has 0 radical (unpaired) electrons. The topological polar surface area (TPSA) is 59.6 Å². The Labute approximate surface area is 91.5 Å². The molecule has 90 valence electrons. The highest BCUT2D eigenvalue weighted by atomic mass is 16.5. The molecule has 0 rings (SSSR count). The molecule has 2 N–H and O–H groups in total. The van der Waals surface area contributed by atoms with E-state index in [4.69, 9.17) is 9.47 Å². The maximum atomic E-state index is 11.3. The normalized spacial score (nSPS) is 12.5. The Hall–Kier alpha value is -0.650. The van der Waals surface area contributed by atoms with Crippen LogP contribution in [0.4, 0.5) is 0 Å². The van der Waals surface area contributed by atoms with Crippen molar-refractivity contribution in [3.8, 4) is 0 Å². The average molecular weight is 218 g/mol. The largest absolute Gasteiger partial charge is 0.385 e. The first-order chi connectivity index (χ1) is 7.20. The lowest BCUT2D eigenvalue weighted by atomic mass is 10.2. The van der Waals surface area contributed by atoms with E-state index in [0.29, 0.717) is 26.3 Å². The van der Waals surface area contributed by atoms with E-state index in [1.54, 1.807) is 14.2 Å². The van der Waals surface area contributed by atoms with E-state index in [1.807, 2.05) is 6.92 Å². The van der Waals surface area contributed by atoms with E-state index in [-0.39, 0.29) is 11.9 Å². The average Bonchev–Trinajstić information content (AvgIpc) is 2.21. The standard InChI is InChI=1S/C10H22N2O3/c1-9(4-6-14-2)12-10(13)8-11-5-7-15-3/h9,11H,4-8H2,1-3H3,(H,12,13). The van der Waals surface area contributed by atoms with Gasteiger partial charge in [-0.3, -0.25) is 4.79 Å². The first kappa shape index (κ1) is 14.3. The fourth-order valence-corrected chi connectivity index (χ4v) is 1.07. The number of carbonyl (C=O) groups excluding carboxylic acids is 1. The van der Waals surface area contributed by atoms with Gasteiger partial charge in [0.05, 0.1) is 13.2 Å².